The van der Waals surface area contributed by atoms with Crippen LogP contribution in [-0.4, -0.2) is 21.0 Å². The number of nitrogens with one attached hydrogen (secondary N) is 1. The molecule has 0 radical (unpaired) electrons. The zero-order valence-electron chi connectivity index (χ0n) is 12.7. The van der Waals surface area contributed by atoms with E-state index in [-0.39, 0.29) is 5.69 Å². The molecule has 6 heteroatoms. The van der Waals surface area contributed by atoms with Crippen molar-refractivity contribution in [3.8, 4) is 11.3 Å². The molecule has 0 spiro atoms. The molecule has 0 bridgehead atoms. The van der Waals surface area contributed by atoms with Crippen molar-refractivity contribution in [2.75, 3.05) is 5.32 Å². The molecule has 3 rings (SSSR count). The molecule has 6 nitrogen and oxygen atoms in total. The Morgan fingerprint density at radius 1 is 1.13 bits per heavy atom. The molecule has 2 N–H and O–H groups in total. The molecule has 0 saturated heterocycles. The maximum absolute atomic E-state index is 11.0. The molecule has 0 atom stereocenters. The number of rotatable bonds is 4. The van der Waals surface area contributed by atoms with Crippen LogP contribution in [0.5, 0.6) is 0 Å². The first kappa shape index (κ1) is 14.8. The van der Waals surface area contributed by atoms with Crippen LogP contribution < -0.4 is 5.32 Å². The second-order valence-electron chi connectivity index (χ2n) is 5.22. The molecule has 0 aliphatic rings. The molecule has 3 aromatic rings. The fraction of sp³-hybridized carbons (Fsp3) is 0.118. The van der Waals surface area contributed by atoms with Crippen molar-refractivity contribution >= 4 is 17.7 Å². The zero-order chi connectivity index (χ0) is 16.4. The Hall–Kier alpha value is -3.15. The van der Waals surface area contributed by atoms with Gasteiger partial charge in [-0.25, -0.2) is 14.8 Å². The van der Waals surface area contributed by atoms with Crippen LogP contribution in [0.25, 0.3) is 11.3 Å². The Morgan fingerprint density at radius 2 is 1.87 bits per heavy atom. The topological polar surface area (TPSA) is 88.2 Å². The number of carboxylic acids is 1. The Bertz CT molecular complexity index is 854. The summed E-state index contributed by atoms with van der Waals surface area (Å²) in [6, 6.07) is 9.95. The number of aromatic nitrogens is 2. The van der Waals surface area contributed by atoms with Gasteiger partial charge in [0.2, 0.25) is 0 Å². The fourth-order valence-electron chi connectivity index (χ4n) is 2.17. The quantitative estimate of drug-likeness (QED) is 0.762. The lowest BCUT2D eigenvalue weighted by Gasteiger charge is -2.04. The second-order valence-corrected chi connectivity index (χ2v) is 5.22. The van der Waals surface area contributed by atoms with Gasteiger partial charge < -0.3 is 14.8 Å². The van der Waals surface area contributed by atoms with Gasteiger partial charge in [0, 0.05) is 5.56 Å². The lowest BCUT2D eigenvalue weighted by atomic mass is 10.1. The minimum absolute atomic E-state index is 0.0308. The van der Waals surface area contributed by atoms with Crippen LogP contribution in [0.4, 0.5) is 11.7 Å². The van der Waals surface area contributed by atoms with E-state index < -0.39 is 5.97 Å². The van der Waals surface area contributed by atoms with Gasteiger partial charge in [0.25, 0.3) is 6.01 Å². The van der Waals surface area contributed by atoms with Crippen LogP contribution >= 0.6 is 0 Å². The predicted molar refractivity (Wildman–Crippen MR) is 85.9 cm³/mol. The van der Waals surface area contributed by atoms with Gasteiger partial charge in [-0.2, -0.15) is 0 Å². The van der Waals surface area contributed by atoms with Crippen molar-refractivity contribution < 1.29 is 14.3 Å². The molecule has 2 heterocycles. The third-order valence-electron chi connectivity index (χ3n) is 3.37. The number of nitrogens with zero attached hydrogens (tertiary/aromatic N) is 2. The van der Waals surface area contributed by atoms with Crippen LogP contribution in [0.3, 0.4) is 0 Å². The summed E-state index contributed by atoms with van der Waals surface area (Å²) in [6.45, 7) is 3.71. The Morgan fingerprint density at radius 3 is 2.52 bits per heavy atom. The lowest BCUT2D eigenvalue weighted by Crippen LogP contribution is -2.04. The molecule has 116 valence electrons. The van der Waals surface area contributed by atoms with Gasteiger partial charge in [0.15, 0.2) is 11.5 Å². The van der Waals surface area contributed by atoms with E-state index >= 15 is 0 Å². The monoisotopic (exact) mass is 309 g/mol. The summed E-state index contributed by atoms with van der Waals surface area (Å²) < 4.78 is 5.66. The van der Waals surface area contributed by atoms with Gasteiger partial charge in [-0.15, -0.1) is 0 Å². The van der Waals surface area contributed by atoms with Gasteiger partial charge in [0.1, 0.15) is 0 Å². The highest BCUT2D eigenvalue weighted by atomic mass is 16.4. The summed E-state index contributed by atoms with van der Waals surface area (Å²) in [5, 5.41) is 12.0. The van der Waals surface area contributed by atoms with Crippen LogP contribution in [0.2, 0.25) is 0 Å². The second kappa shape index (κ2) is 5.92. The minimum atomic E-state index is -1.05. The number of carboxylic acid groups (broad SMARTS) is 1. The minimum Gasteiger partial charge on any atom is -0.477 e. The van der Waals surface area contributed by atoms with Crippen molar-refractivity contribution in [2.24, 2.45) is 0 Å². The molecule has 1 aromatic carbocycles. The summed E-state index contributed by atoms with van der Waals surface area (Å²) in [5.41, 5.74) is 3.32. The average Bonchev–Trinajstić information content (AvgIpc) is 2.96. The highest BCUT2D eigenvalue weighted by Crippen LogP contribution is 2.25. The lowest BCUT2D eigenvalue weighted by molar-refractivity contribution is 0.0689. The number of pyridine rings is 1. The molecule has 0 unspecified atom stereocenters. The Kier molecular flexibility index (Phi) is 3.80. The van der Waals surface area contributed by atoms with E-state index in [4.69, 9.17) is 9.52 Å². The number of carbonyl (C=O) groups is 1. The smallest absolute Gasteiger partial charge is 0.354 e. The molecule has 0 aliphatic carbocycles. The highest BCUT2D eigenvalue weighted by Gasteiger charge is 2.11. The van der Waals surface area contributed by atoms with Crippen LogP contribution in [-0.2, 0) is 0 Å². The first-order valence-corrected chi connectivity index (χ1v) is 7.03. The molecule has 23 heavy (non-hydrogen) atoms. The summed E-state index contributed by atoms with van der Waals surface area (Å²) in [5.74, 6) is -0.397. The first-order chi connectivity index (χ1) is 11.0. The van der Waals surface area contributed by atoms with E-state index in [2.05, 4.69) is 15.3 Å². The van der Waals surface area contributed by atoms with Gasteiger partial charge in [-0.1, -0.05) is 29.8 Å². The number of anilines is 2. The fourth-order valence-corrected chi connectivity index (χ4v) is 2.17. The third kappa shape index (κ3) is 3.21. The number of oxazole rings is 1. The number of aromatic carboxylic acids is 1. The van der Waals surface area contributed by atoms with E-state index in [0.717, 1.165) is 5.56 Å². The summed E-state index contributed by atoms with van der Waals surface area (Å²) in [6.07, 6.45) is 3.07. The van der Waals surface area contributed by atoms with Gasteiger partial charge in [-0.05, 0) is 25.5 Å². The SMILES string of the molecule is Cc1ccc(-c2cnc(Nc3cnc(C(=O)O)c(C)c3)o2)cc1. The number of hydrogen-bond donors (Lipinski definition) is 2. The molecule has 0 amide bonds. The maximum Gasteiger partial charge on any atom is 0.354 e. The summed E-state index contributed by atoms with van der Waals surface area (Å²) in [7, 11) is 0. The van der Waals surface area contributed by atoms with Gasteiger partial charge in [0.05, 0.1) is 18.1 Å². The molecular weight excluding hydrogens is 294 g/mol. The summed E-state index contributed by atoms with van der Waals surface area (Å²) in [4.78, 5) is 19.1. The first-order valence-electron chi connectivity index (χ1n) is 7.03. The third-order valence-corrected chi connectivity index (χ3v) is 3.37. The normalized spacial score (nSPS) is 10.5. The van der Waals surface area contributed by atoms with Crippen LogP contribution in [0.1, 0.15) is 21.6 Å². The maximum atomic E-state index is 11.0. The van der Waals surface area contributed by atoms with Crippen molar-refractivity contribution in [1.82, 2.24) is 9.97 Å². The Labute approximate surface area is 132 Å². The number of hydrogen-bond acceptors (Lipinski definition) is 5. The van der Waals surface area contributed by atoms with Gasteiger partial charge in [-0.3, -0.25) is 0 Å². The molecule has 0 aliphatic heterocycles. The largest absolute Gasteiger partial charge is 0.477 e. The van der Waals surface area contributed by atoms with Crippen molar-refractivity contribution in [3.63, 3.8) is 0 Å². The molecule has 2 aromatic heterocycles. The van der Waals surface area contributed by atoms with E-state index in [1.54, 1.807) is 19.2 Å². The molecular formula is C17H15N3O3. The number of aryl methyl sites for hydroxylation is 2. The van der Waals surface area contributed by atoms with E-state index in [1.165, 1.54) is 11.8 Å². The standard InChI is InChI=1S/C17H15N3O3/c1-10-3-5-12(6-4-10)14-9-19-17(23-14)20-13-7-11(2)15(16(21)22)18-8-13/h3-9H,1-2H3,(H,19,20)(H,21,22). The van der Waals surface area contributed by atoms with Crippen LogP contribution in [0, 0.1) is 13.8 Å². The predicted octanol–water partition coefficient (Wildman–Crippen LogP) is 3.80. The average molecular weight is 309 g/mol. The van der Waals surface area contributed by atoms with Gasteiger partial charge >= 0.3 is 5.97 Å². The number of benzene rings is 1. The molecule has 0 fully saturated rings. The molecule has 0 saturated carbocycles. The van der Waals surface area contributed by atoms with E-state index in [1.807, 2.05) is 31.2 Å². The van der Waals surface area contributed by atoms with Crippen molar-refractivity contribution in [1.29, 1.82) is 0 Å². The zero-order valence-corrected chi connectivity index (χ0v) is 12.7. The van der Waals surface area contributed by atoms with E-state index in [0.29, 0.717) is 23.0 Å². The van der Waals surface area contributed by atoms with Crippen LogP contribution in [0.15, 0.2) is 47.1 Å². The highest BCUT2D eigenvalue weighted by molar-refractivity contribution is 5.87. The van der Waals surface area contributed by atoms with Crippen molar-refractivity contribution in [2.45, 2.75) is 13.8 Å². The van der Waals surface area contributed by atoms with E-state index in [9.17, 15) is 4.79 Å². The van der Waals surface area contributed by atoms with Crippen molar-refractivity contribution in [3.05, 3.63) is 59.5 Å². The Balaban J connectivity index is 1.80. The summed E-state index contributed by atoms with van der Waals surface area (Å²) >= 11 is 0.